The molecule has 0 radical (unpaired) electrons. The molecule has 30 heavy (non-hydrogen) atoms. The summed E-state index contributed by atoms with van der Waals surface area (Å²) in [5.41, 5.74) is 8.43. The first-order valence-corrected chi connectivity index (χ1v) is 11.6. The van der Waals surface area contributed by atoms with E-state index in [1.807, 2.05) is 24.0 Å². The number of hydrogen-bond donors (Lipinski definition) is 1. The summed E-state index contributed by atoms with van der Waals surface area (Å²) in [5.74, 6) is 0.865. The van der Waals surface area contributed by atoms with E-state index in [2.05, 4.69) is 43.0 Å². The van der Waals surface area contributed by atoms with Crippen LogP contribution in [0.5, 0.6) is 0 Å². The van der Waals surface area contributed by atoms with Gasteiger partial charge in [-0.3, -0.25) is 4.79 Å². The number of halogens is 2. The van der Waals surface area contributed by atoms with Crippen molar-refractivity contribution >= 4 is 34.8 Å². The van der Waals surface area contributed by atoms with Crippen molar-refractivity contribution in [3.05, 3.63) is 52.0 Å². The summed E-state index contributed by atoms with van der Waals surface area (Å²) in [6.45, 7) is 8.31. The third kappa shape index (κ3) is 4.02. The number of nitrogens with two attached hydrogens (primary N) is 1. The highest BCUT2D eigenvalue weighted by Crippen LogP contribution is 2.61. The van der Waals surface area contributed by atoms with Crippen LogP contribution >= 0.6 is 23.2 Å². The summed E-state index contributed by atoms with van der Waals surface area (Å²) in [6, 6.07) is 5.92. The van der Waals surface area contributed by atoms with E-state index in [0.717, 1.165) is 34.3 Å². The molecule has 0 bridgehead atoms. The van der Waals surface area contributed by atoms with Crippen molar-refractivity contribution in [1.82, 2.24) is 4.90 Å². The molecule has 1 aromatic carbocycles. The van der Waals surface area contributed by atoms with Crippen molar-refractivity contribution in [1.29, 1.82) is 0 Å². The molecule has 2 N–H and O–H groups in total. The Labute approximate surface area is 189 Å². The van der Waals surface area contributed by atoms with Gasteiger partial charge in [-0.25, -0.2) is 0 Å². The fourth-order valence-electron chi connectivity index (χ4n) is 5.12. The van der Waals surface area contributed by atoms with Gasteiger partial charge in [-0.05, 0) is 55.4 Å². The number of nitrogens with zero attached hydrogens (tertiary/aromatic N) is 2. The van der Waals surface area contributed by atoms with Crippen LogP contribution in [-0.4, -0.2) is 42.5 Å². The summed E-state index contributed by atoms with van der Waals surface area (Å²) in [6.07, 6.45) is 8.17. The fourth-order valence-corrected chi connectivity index (χ4v) is 5.68. The molecular formula is C24H31Cl2N3O. The van der Waals surface area contributed by atoms with Gasteiger partial charge in [-0.1, -0.05) is 55.3 Å². The smallest absolute Gasteiger partial charge is 0.239 e. The minimum atomic E-state index is -0.441. The monoisotopic (exact) mass is 447 g/mol. The van der Waals surface area contributed by atoms with E-state index in [0.29, 0.717) is 31.3 Å². The molecule has 0 aromatic heterocycles. The number of benzene rings is 1. The number of aryl methyl sites for hydroxylation is 1. The molecule has 4 nitrogen and oxygen atoms in total. The van der Waals surface area contributed by atoms with Gasteiger partial charge >= 0.3 is 0 Å². The lowest BCUT2D eigenvalue weighted by atomic mass is 9.86. The number of anilines is 1. The van der Waals surface area contributed by atoms with Crippen molar-refractivity contribution in [3.8, 4) is 0 Å². The number of hydrogen-bond acceptors (Lipinski definition) is 3. The lowest BCUT2D eigenvalue weighted by Crippen LogP contribution is -2.60. The lowest BCUT2D eigenvalue weighted by Gasteiger charge is -2.47. The molecule has 162 valence electrons. The molecule has 4 atom stereocenters. The van der Waals surface area contributed by atoms with E-state index >= 15 is 0 Å². The van der Waals surface area contributed by atoms with Gasteiger partial charge in [0.15, 0.2) is 0 Å². The SMILES string of the molecule is Cc1ccc(N2CCN(C(=O)[C@H](N)CC(C)C)C[C@H]2C23C=CC(Cl)=CC2C3)c(Cl)c1. The largest absolute Gasteiger partial charge is 0.363 e. The number of piperazine rings is 1. The molecule has 1 amide bonds. The number of carbonyl (C=O) groups is 1. The maximum absolute atomic E-state index is 13.1. The molecule has 2 aliphatic carbocycles. The second kappa shape index (κ2) is 8.22. The first-order chi connectivity index (χ1) is 14.2. The van der Waals surface area contributed by atoms with Crippen molar-refractivity contribution < 1.29 is 4.79 Å². The molecular weight excluding hydrogens is 417 g/mol. The Kier molecular flexibility index (Phi) is 5.95. The zero-order chi connectivity index (χ0) is 21.6. The number of allylic oxidation sites excluding steroid dienone is 3. The van der Waals surface area contributed by atoms with Crippen LogP contribution in [0.4, 0.5) is 5.69 Å². The van der Waals surface area contributed by atoms with Gasteiger partial charge in [0.1, 0.15) is 0 Å². The van der Waals surface area contributed by atoms with Crippen molar-refractivity contribution in [2.75, 3.05) is 24.5 Å². The molecule has 6 heteroatoms. The van der Waals surface area contributed by atoms with Gasteiger partial charge in [0.05, 0.1) is 22.8 Å². The Morgan fingerprint density at radius 1 is 1.30 bits per heavy atom. The summed E-state index contributed by atoms with van der Waals surface area (Å²) in [5, 5.41) is 1.56. The zero-order valence-electron chi connectivity index (χ0n) is 17.9. The summed E-state index contributed by atoms with van der Waals surface area (Å²) < 4.78 is 0. The Morgan fingerprint density at radius 2 is 2.07 bits per heavy atom. The normalized spacial score (nSPS) is 29.0. The van der Waals surface area contributed by atoms with E-state index in [9.17, 15) is 4.79 Å². The van der Waals surface area contributed by atoms with Gasteiger partial charge in [-0.2, -0.15) is 0 Å². The highest BCUT2D eigenvalue weighted by atomic mass is 35.5. The maximum atomic E-state index is 13.1. The predicted molar refractivity (Wildman–Crippen MR) is 125 cm³/mol. The summed E-state index contributed by atoms with van der Waals surface area (Å²) >= 11 is 12.9. The average Bonchev–Trinajstić information content (AvgIpc) is 3.41. The Bertz CT molecular complexity index is 896. The Balaban J connectivity index is 1.63. The molecule has 4 rings (SSSR count). The van der Waals surface area contributed by atoms with Crippen molar-refractivity contribution in [3.63, 3.8) is 0 Å². The van der Waals surface area contributed by atoms with Crippen LogP contribution < -0.4 is 10.6 Å². The highest BCUT2D eigenvalue weighted by Gasteiger charge is 2.60. The fraction of sp³-hybridized carbons (Fsp3) is 0.542. The van der Waals surface area contributed by atoms with Gasteiger partial charge < -0.3 is 15.5 Å². The van der Waals surface area contributed by atoms with E-state index in [1.54, 1.807) is 0 Å². The maximum Gasteiger partial charge on any atom is 0.239 e. The highest BCUT2D eigenvalue weighted by molar-refractivity contribution is 6.33. The molecule has 2 fully saturated rings. The van der Waals surface area contributed by atoms with E-state index in [-0.39, 0.29) is 17.4 Å². The van der Waals surface area contributed by atoms with E-state index < -0.39 is 6.04 Å². The third-order valence-corrected chi connectivity index (χ3v) is 7.34. The van der Waals surface area contributed by atoms with E-state index in [4.69, 9.17) is 28.9 Å². The molecule has 2 unspecified atom stereocenters. The first kappa shape index (κ1) is 21.7. The second-order valence-electron chi connectivity index (χ2n) is 9.49. The molecule has 3 aliphatic rings. The van der Waals surface area contributed by atoms with Crippen molar-refractivity contribution in [2.24, 2.45) is 23.0 Å². The minimum Gasteiger partial charge on any atom is -0.363 e. The molecule has 1 saturated carbocycles. The van der Waals surface area contributed by atoms with Crippen LogP contribution in [-0.2, 0) is 4.79 Å². The standard InChI is InChI=1S/C24H31Cl2N3O/c1-15(2)10-20(27)23(30)28-8-9-29(21-5-4-16(3)11-19(21)26)22(14-28)24-7-6-18(25)12-17(24)13-24/h4-7,11-12,15,17,20,22H,8-10,13-14,27H2,1-3H3/t17?,20-,22+,24?/m1/s1. The molecule has 1 aromatic rings. The number of rotatable bonds is 5. The lowest BCUT2D eigenvalue weighted by molar-refractivity contribution is -0.134. The Hall–Kier alpha value is -1.49. The van der Waals surface area contributed by atoms with Gasteiger partial charge in [0.2, 0.25) is 5.91 Å². The first-order valence-electron chi connectivity index (χ1n) is 10.8. The number of fused-ring (bicyclic) bond motifs is 1. The molecule has 1 saturated heterocycles. The quantitative estimate of drug-likeness (QED) is 0.708. The average molecular weight is 448 g/mol. The topological polar surface area (TPSA) is 49.6 Å². The number of amides is 1. The summed E-state index contributed by atoms with van der Waals surface area (Å²) in [7, 11) is 0. The van der Waals surface area contributed by atoms with Gasteiger partial charge in [0, 0.05) is 30.1 Å². The summed E-state index contributed by atoms with van der Waals surface area (Å²) in [4.78, 5) is 17.5. The van der Waals surface area contributed by atoms with Crippen LogP contribution in [0.15, 0.2) is 41.5 Å². The minimum absolute atomic E-state index is 0.00625. The van der Waals surface area contributed by atoms with Crippen molar-refractivity contribution in [2.45, 2.75) is 45.7 Å². The van der Waals surface area contributed by atoms with Gasteiger partial charge in [0.25, 0.3) is 0 Å². The van der Waals surface area contributed by atoms with Crippen LogP contribution in [0.3, 0.4) is 0 Å². The van der Waals surface area contributed by atoms with Crippen LogP contribution in [0.1, 0.15) is 32.3 Å². The Morgan fingerprint density at radius 3 is 2.73 bits per heavy atom. The predicted octanol–water partition coefficient (Wildman–Crippen LogP) is 4.74. The molecule has 0 spiro atoms. The van der Waals surface area contributed by atoms with Gasteiger partial charge in [-0.15, -0.1) is 0 Å². The molecule has 1 heterocycles. The second-order valence-corrected chi connectivity index (χ2v) is 10.3. The third-order valence-electron chi connectivity index (χ3n) is 6.78. The van der Waals surface area contributed by atoms with Crippen LogP contribution in [0, 0.1) is 24.2 Å². The number of carbonyl (C=O) groups excluding carboxylic acids is 1. The van der Waals surface area contributed by atoms with E-state index in [1.165, 1.54) is 0 Å². The zero-order valence-corrected chi connectivity index (χ0v) is 19.5. The van der Waals surface area contributed by atoms with Crippen LogP contribution in [0.2, 0.25) is 5.02 Å². The van der Waals surface area contributed by atoms with Crippen LogP contribution in [0.25, 0.3) is 0 Å². The molecule has 1 aliphatic heterocycles.